The highest BCUT2D eigenvalue weighted by atomic mass is 16.5. The summed E-state index contributed by atoms with van der Waals surface area (Å²) in [5.41, 5.74) is 5.98. The Bertz CT molecular complexity index is 1540. The fraction of sp³-hybridized carbons (Fsp3) is 0.250. The van der Waals surface area contributed by atoms with Crippen LogP contribution in [-0.2, 0) is 32.3 Å². The first-order valence-corrected chi connectivity index (χ1v) is 14.4. The molecule has 7 nitrogen and oxygen atoms in total. The van der Waals surface area contributed by atoms with E-state index >= 15 is 0 Å². The maximum Gasteiger partial charge on any atom is 0.315 e. The minimum Gasteiger partial charge on any atom is -0.461 e. The smallest absolute Gasteiger partial charge is 0.315 e. The van der Waals surface area contributed by atoms with Gasteiger partial charge in [-0.25, -0.2) is 0 Å². The highest BCUT2D eigenvalue weighted by Gasteiger charge is 2.56. The third-order valence-electron chi connectivity index (χ3n) is 7.81. The zero-order valence-corrected chi connectivity index (χ0v) is 24.4. The molecule has 0 unspecified atom stereocenters. The van der Waals surface area contributed by atoms with Gasteiger partial charge in [0.2, 0.25) is 0 Å². The number of nitrogens with zero attached hydrogens (tertiary/aromatic N) is 1. The summed E-state index contributed by atoms with van der Waals surface area (Å²) in [6.45, 7) is 3.68. The molecule has 0 spiro atoms. The molecule has 4 aromatic carbocycles. The molecule has 4 atom stereocenters. The Labute approximate surface area is 252 Å². The Morgan fingerprint density at radius 3 is 1.86 bits per heavy atom. The molecule has 220 valence electrons. The third kappa shape index (κ3) is 7.37. The van der Waals surface area contributed by atoms with Crippen LogP contribution in [0.1, 0.15) is 41.5 Å². The number of ether oxygens (including phenoxy) is 2. The van der Waals surface area contributed by atoms with Crippen molar-refractivity contribution in [3.05, 3.63) is 138 Å². The quantitative estimate of drug-likeness (QED) is 0.176. The van der Waals surface area contributed by atoms with Gasteiger partial charge < -0.3 is 14.6 Å². The van der Waals surface area contributed by atoms with Crippen molar-refractivity contribution < 1.29 is 24.2 Å². The number of carbonyl (C=O) groups is 2. The molecule has 0 amide bonds. The molecule has 0 bridgehead atoms. The van der Waals surface area contributed by atoms with Gasteiger partial charge in [0, 0.05) is 12.3 Å². The van der Waals surface area contributed by atoms with E-state index in [2.05, 4.69) is 10.5 Å². The van der Waals surface area contributed by atoms with Crippen LogP contribution < -0.4 is 5.43 Å². The highest BCUT2D eigenvalue weighted by Crippen LogP contribution is 2.47. The topological polar surface area (TPSA) is 97.2 Å². The van der Waals surface area contributed by atoms with Crippen molar-refractivity contribution >= 4 is 23.3 Å². The van der Waals surface area contributed by atoms with Crippen LogP contribution in [0.15, 0.2) is 120 Å². The third-order valence-corrected chi connectivity index (χ3v) is 7.81. The van der Waals surface area contributed by atoms with Gasteiger partial charge in [0.1, 0.15) is 19.1 Å². The van der Waals surface area contributed by atoms with E-state index in [0.29, 0.717) is 11.3 Å². The Morgan fingerprint density at radius 2 is 1.30 bits per heavy atom. The van der Waals surface area contributed by atoms with Crippen molar-refractivity contribution in [3.8, 4) is 0 Å². The van der Waals surface area contributed by atoms with Gasteiger partial charge in [0.25, 0.3) is 0 Å². The van der Waals surface area contributed by atoms with Gasteiger partial charge in [0.05, 0.1) is 22.9 Å². The largest absolute Gasteiger partial charge is 0.461 e. The van der Waals surface area contributed by atoms with Crippen molar-refractivity contribution in [1.82, 2.24) is 0 Å². The van der Waals surface area contributed by atoms with E-state index in [4.69, 9.17) is 9.47 Å². The fourth-order valence-corrected chi connectivity index (χ4v) is 5.62. The number of aryl methyl sites for hydroxylation is 1. The van der Waals surface area contributed by atoms with Gasteiger partial charge in [-0.3, -0.25) is 15.0 Å². The molecule has 1 aliphatic carbocycles. The highest BCUT2D eigenvalue weighted by molar-refractivity contribution is 6.06. The monoisotopic (exact) mass is 576 g/mol. The van der Waals surface area contributed by atoms with E-state index in [1.54, 1.807) is 6.92 Å². The Morgan fingerprint density at radius 1 is 0.791 bits per heavy atom. The number of aliphatic hydroxyl groups is 1. The van der Waals surface area contributed by atoms with Gasteiger partial charge in [-0.05, 0) is 42.7 Å². The molecule has 0 saturated heterocycles. The number of hydrazone groups is 1. The average Bonchev–Trinajstić information content (AvgIpc) is 3.02. The van der Waals surface area contributed by atoms with Crippen molar-refractivity contribution in [1.29, 1.82) is 0 Å². The number of para-hydroxylation sites is 1. The summed E-state index contributed by atoms with van der Waals surface area (Å²) in [6.07, 6.45) is -0.0363. The first-order valence-electron chi connectivity index (χ1n) is 14.4. The van der Waals surface area contributed by atoms with Gasteiger partial charge in [-0.2, -0.15) is 5.10 Å². The normalized spacial score (nSPS) is 22.5. The van der Waals surface area contributed by atoms with E-state index in [1.165, 1.54) is 0 Å². The van der Waals surface area contributed by atoms with Gasteiger partial charge >= 0.3 is 11.9 Å². The van der Waals surface area contributed by atoms with Crippen LogP contribution in [0.5, 0.6) is 0 Å². The summed E-state index contributed by atoms with van der Waals surface area (Å²) in [4.78, 5) is 27.9. The summed E-state index contributed by atoms with van der Waals surface area (Å²) >= 11 is 0. The Balaban J connectivity index is 1.54. The first-order chi connectivity index (χ1) is 20.8. The molecule has 0 aromatic heterocycles. The minimum absolute atomic E-state index is 0.0363. The molecule has 7 heteroatoms. The number of hydrogen-bond acceptors (Lipinski definition) is 7. The van der Waals surface area contributed by atoms with Crippen molar-refractivity contribution in [3.63, 3.8) is 0 Å². The van der Waals surface area contributed by atoms with Gasteiger partial charge in [-0.15, -0.1) is 0 Å². The molecule has 0 aliphatic heterocycles. The van der Waals surface area contributed by atoms with Crippen LogP contribution >= 0.6 is 0 Å². The van der Waals surface area contributed by atoms with Crippen LogP contribution in [0.4, 0.5) is 5.69 Å². The molecule has 2 N–H and O–H groups in total. The van der Waals surface area contributed by atoms with Crippen LogP contribution in [0, 0.1) is 18.8 Å². The van der Waals surface area contributed by atoms with Crippen molar-refractivity contribution in [2.75, 3.05) is 5.43 Å². The Kier molecular flexibility index (Phi) is 9.32. The maximum absolute atomic E-state index is 14.0. The molecule has 5 rings (SSSR count). The Hall–Kier alpha value is -4.75. The molecule has 4 aromatic rings. The van der Waals surface area contributed by atoms with E-state index in [-0.39, 0.29) is 19.6 Å². The molecular formula is C36H36N2O5. The zero-order valence-electron chi connectivity index (χ0n) is 24.4. The molecule has 0 heterocycles. The predicted molar refractivity (Wildman–Crippen MR) is 166 cm³/mol. The number of carbonyl (C=O) groups excluding carboxylic acids is 2. The molecule has 1 fully saturated rings. The van der Waals surface area contributed by atoms with Crippen molar-refractivity contribution in [2.45, 2.75) is 45.0 Å². The number of rotatable bonds is 9. The van der Waals surface area contributed by atoms with Crippen LogP contribution in [-0.4, -0.2) is 28.4 Å². The summed E-state index contributed by atoms with van der Waals surface area (Å²) in [6, 6.07) is 35.8. The van der Waals surface area contributed by atoms with Gasteiger partial charge in [-0.1, -0.05) is 109 Å². The first kappa shape index (κ1) is 29.7. The molecule has 1 aliphatic rings. The predicted octanol–water partition coefficient (Wildman–Crippen LogP) is 6.42. The van der Waals surface area contributed by atoms with E-state index in [0.717, 1.165) is 22.4 Å². The molecule has 1 saturated carbocycles. The van der Waals surface area contributed by atoms with E-state index < -0.39 is 35.3 Å². The van der Waals surface area contributed by atoms with Crippen LogP contribution in [0.25, 0.3) is 0 Å². The standard InChI is InChI=1S/C36H36N2O5/c1-25-18-20-28(21-19-25)31-32(34(39)42-23-26-12-6-3-7-13-26)30(38-37-29-16-10-5-11-17-29)22-36(2,41)33(31)35(40)43-24-27-14-8-4-9-15-27/h3-21,31-33,37,41H,22-24H2,1-2H3/b38-30-/t31-,32-,33-,36+/m1/s1. The lowest BCUT2D eigenvalue weighted by Crippen LogP contribution is -2.55. The second kappa shape index (κ2) is 13.5. The molecule has 0 radical (unpaired) electrons. The zero-order chi connectivity index (χ0) is 30.2. The lowest BCUT2D eigenvalue weighted by molar-refractivity contribution is -0.165. The molecule has 43 heavy (non-hydrogen) atoms. The lowest BCUT2D eigenvalue weighted by atomic mass is 9.61. The summed E-state index contributed by atoms with van der Waals surface area (Å²) in [7, 11) is 0. The van der Waals surface area contributed by atoms with E-state index in [1.807, 2.05) is 122 Å². The summed E-state index contributed by atoms with van der Waals surface area (Å²) < 4.78 is 11.7. The summed E-state index contributed by atoms with van der Waals surface area (Å²) in [5, 5.41) is 16.5. The van der Waals surface area contributed by atoms with Crippen LogP contribution in [0.2, 0.25) is 0 Å². The number of esters is 2. The van der Waals surface area contributed by atoms with Gasteiger partial charge in [0.15, 0.2) is 0 Å². The second-order valence-electron chi connectivity index (χ2n) is 11.2. The SMILES string of the molecule is Cc1ccc([C@@H]2[C@H](C(=O)OCc3ccccc3)/C(=N\Nc3ccccc3)C[C@](C)(O)[C@H]2C(=O)OCc2ccccc2)cc1. The molecular weight excluding hydrogens is 540 g/mol. The number of nitrogens with one attached hydrogen (secondary N) is 1. The van der Waals surface area contributed by atoms with Crippen molar-refractivity contribution in [2.24, 2.45) is 16.9 Å². The van der Waals surface area contributed by atoms with E-state index in [9.17, 15) is 14.7 Å². The number of benzene rings is 4. The number of hydrogen-bond donors (Lipinski definition) is 2. The fourth-order valence-electron chi connectivity index (χ4n) is 5.62. The minimum atomic E-state index is -1.57. The van der Waals surface area contributed by atoms with Crippen LogP contribution in [0.3, 0.4) is 0 Å². The maximum atomic E-state index is 14.0. The second-order valence-corrected chi connectivity index (χ2v) is 11.2. The lowest BCUT2D eigenvalue weighted by Gasteiger charge is -2.45. The average molecular weight is 577 g/mol. The summed E-state index contributed by atoms with van der Waals surface area (Å²) in [5.74, 6) is -3.94. The number of anilines is 1.